The predicted octanol–water partition coefficient (Wildman–Crippen LogP) is 6.97. The van der Waals surface area contributed by atoms with Gasteiger partial charge in [0.05, 0.1) is 18.2 Å². The maximum Gasteiger partial charge on any atom is 0.410 e. The lowest BCUT2D eigenvalue weighted by molar-refractivity contribution is -0.145. The van der Waals surface area contributed by atoms with E-state index in [1.54, 1.807) is 72.7 Å². The first kappa shape index (κ1) is 62.1. The van der Waals surface area contributed by atoms with Crippen LogP contribution >= 0.6 is 0 Å². The van der Waals surface area contributed by atoms with Crippen LogP contribution in [0, 0.1) is 11.8 Å². The molecule has 4 aliphatic rings. The van der Waals surface area contributed by atoms with E-state index in [1.165, 1.54) is 48.9 Å². The number of likely N-dealkylation sites (tertiary alicyclic amines) is 2. The van der Waals surface area contributed by atoms with Crippen molar-refractivity contribution >= 4 is 47.6 Å². The Bertz CT molecular complexity index is 2890. The molecule has 442 valence electrons. The summed E-state index contributed by atoms with van der Waals surface area (Å²) in [4.78, 5) is 117. The number of aryl methyl sites for hydroxylation is 2. The lowest BCUT2D eigenvalue weighted by Gasteiger charge is -2.34. The standard InChI is InChI=1S/C63H84N8O11/c1-39(68(10)60(78)81-62(4,5)6)54(72)66-52(58(76)70-36-18-30-50(70)56(74)64-48-28-16-24-43-22-12-14-26-46(43)48)41(3)80-38-20-21-42-32-34-45(35-33-42)53(67-55(73)40(2)69(11)61(79)82-63(7,8)9)59(77)71-37-19-31-51(71)57(75)65-49-29-17-25-44-23-13-15-27-47(44)49/h12-15,22-23,26-27,32-35,39-41,48-53H,16-19,24-25,28-31,36-38H2,1-11H3,(H,64,74)(H,65,75)(H,66,72)(H,67,73)/t39-,40-,41+,48+,49+,50-,51-,52-,53-/m0/s1. The number of amides is 8. The summed E-state index contributed by atoms with van der Waals surface area (Å²) in [7, 11) is 2.88. The molecule has 0 aromatic heterocycles. The number of nitrogens with one attached hydrogen (secondary N) is 4. The molecule has 0 saturated carbocycles. The van der Waals surface area contributed by atoms with Crippen LogP contribution in [0.4, 0.5) is 9.59 Å². The first-order chi connectivity index (χ1) is 38.8. The Kier molecular flexibility index (Phi) is 20.5. The molecule has 19 heteroatoms. The van der Waals surface area contributed by atoms with E-state index in [1.807, 2.05) is 36.4 Å². The number of hydrogen-bond acceptors (Lipinski definition) is 11. The number of carbonyl (C=O) groups is 8. The molecule has 2 heterocycles. The third-order valence-electron chi connectivity index (χ3n) is 15.8. The van der Waals surface area contributed by atoms with Gasteiger partial charge in [-0.25, -0.2) is 9.59 Å². The van der Waals surface area contributed by atoms with Crippen LogP contribution in [0.25, 0.3) is 0 Å². The number of fused-ring (bicyclic) bond motifs is 2. The molecule has 0 bridgehead atoms. The molecular formula is C63H84N8O11. The van der Waals surface area contributed by atoms with Crippen LogP contribution < -0.4 is 21.3 Å². The topological polar surface area (TPSA) is 225 Å². The zero-order chi connectivity index (χ0) is 59.6. The lowest BCUT2D eigenvalue weighted by Crippen LogP contribution is -2.60. The number of ether oxygens (including phenoxy) is 3. The number of hydrogen-bond donors (Lipinski definition) is 4. The van der Waals surface area contributed by atoms with E-state index in [4.69, 9.17) is 14.2 Å². The monoisotopic (exact) mass is 1130 g/mol. The molecule has 0 unspecified atom stereocenters. The minimum Gasteiger partial charge on any atom is -0.444 e. The van der Waals surface area contributed by atoms with Gasteiger partial charge in [0.25, 0.3) is 0 Å². The fraction of sp³-hybridized carbons (Fsp3) is 0.556. The van der Waals surface area contributed by atoms with Crippen LogP contribution in [0.5, 0.6) is 0 Å². The number of likely N-dealkylation sites (N-methyl/N-ethyl adjacent to an activating group) is 2. The third kappa shape index (κ3) is 15.7. The zero-order valence-corrected chi connectivity index (χ0v) is 49.6. The van der Waals surface area contributed by atoms with E-state index in [9.17, 15) is 38.4 Å². The molecule has 9 atom stereocenters. The van der Waals surface area contributed by atoms with E-state index in [0.717, 1.165) is 59.5 Å². The van der Waals surface area contributed by atoms with Gasteiger partial charge in [-0.2, -0.15) is 0 Å². The van der Waals surface area contributed by atoms with E-state index >= 15 is 0 Å². The quantitative estimate of drug-likeness (QED) is 0.107. The Morgan fingerprint density at radius 1 is 0.598 bits per heavy atom. The van der Waals surface area contributed by atoms with Crippen molar-refractivity contribution in [2.75, 3.05) is 33.8 Å². The van der Waals surface area contributed by atoms with Gasteiger partial charge in [-0.05, 0) is 166 Å². The number of carbonyl (C=O) groups excluding carboxylic acids is 8. The van der Waals surface area contributed by atoms with Crippen LogP contribution in [0.3, 0.4) is 0 Å². The molecule has 2 aliphatic carbocycles. The summed E-state index contributed by atoms with van der Waals surface area (Å²) in [6.45, 7) is 15.4. The molecule has 2 saturated heterocycles. The van der Waals surface area contributed by atoms with Gasteiger partial charge >= 0.3 is 12.2 Å². The molecule has 19 nitrogen and oxygen atoms in total. The Morgan fingerprint density at radius 3 is 1.52 bits per heavy atom. The van der Waals surface area contributed by atoms with Crippen LogP contribution in [-0.4, -0.2) is 149 Å². The van der Waals surface area contributed by atoms with E-state index in [2.05, 4.69) is 45.2 Å². The molecule has 3 aromatic rings. The van der Waals surface area contributed by atoms with Crippen LogP contribution in [0.1, 0.15) is 165 Å². The molecule has 2 aliphatic heterocycles. The predicted molar refractivity (Wildman–Crippen MR) is 308 cm³/mol. The largest absolute Gasteiger partial charge is 0.444 e. The number of benzene rings is 3. The van der Waals surface area contributed by atoms with Gasteiger partial charge in [0.2, 0.25) is 35.4 Å². The van der Waals surface area contributed by atoms with Gasteiger partial charge < -0.3 is 45.3 Å². The average molecular weight is 1130 g/mol. The number of nitrogens with zero attached hydrogens (tertiary/aromatic N) is 4. The van der Waals surface area contributed by atoms with Gasteiger partial charge in [-0.15, -0.1) is 0 Å². The maximum absolute atomic E-state index is 14.8. The summed E-state index contributed by atoms with van der Waals surface area (Å²) in [6.07, 6.45) is 4.85. The summed E-state index contributed by atoms with van der Waals surface area (Å²) in [5.74, 6) is 3.24. The highest BCUT2D eigenvalue weighted by atomic mass is 16.6. The van der Waals surface area contributed by atoms with Crippen molar-refractivity contribution in [3.63, 3.8) is 0 Å². The summed E-state index contributed by atoms with van der Waals surface area (Å²) in [6, 6.07) is 16.2. The minimum atomic E-state index is -1.28. The Balaban J connectivity index is 1.07. The highest BCUT2D eigenvalue weighted by molar-refractivity contribution is 5.96. The van der Waals surface area contributed by atoms with Gasteiger partial charge in [-0.1, -0.05) is 72.5 Å². The fourth-order valence-electron chi connectivity index (χ4n) is 11.0. The highest BCUT2D eigenvalue weighted by Crippen LogP contribution is 2.33. The van der Waals surface area contributed by atoms with Crippen molar-refractivity contribution in [1.29, 1.82) is 0 Å². The molecule has 7 rings (SSSR count). The molecule has 2 fully saturated rings. The van der Waals surface area contributed by atoms with Crippen molar-refractivity contribution < 1.29 is 52.6 Å². The van der Waals surface area contributed by atoms with Crippen LogP contribution in [0.2, 0.25) is 0 Å². The summed E-state index contributed by atoms with van der Waals surface area (Å²) in [5.41, 5.74) is 3.82. The van der Waals surface area contributed by atoms with E-state index in [-0.39, 0.29) is 37.0 Å². The Labute approximate surface area is 483 Å². The average Bonchev–Trinajstić information content (AvgIpc) is 4.34. The van der Waals surface area contributed by atoms with Crippen LogP contribution in [0.15, 0.2) is 72.8 Å². The zero-order valence-electron chi connectivity index (χ0n) is 49.6. The summed E-state index contributed by atoms with van der Waals surface area (Å²) in [5, 5.41) is 12.1. The Morgan fingerprint density at radius 2 is 1.05 bits per heavy atom. The van der Waals surface area contributed by atoms with Gasteiger partial charge in [0.15, 0.2) is 0 Å². The second-order valence-corrected chi connectivity index (χ2v) is 24.1. The molecular weight excluding hydrogens is 1040 g/mol. The number of rotatable bonds is 16. The Hall–Kier alpha value is -7.46. The van der Waals surface area contributed by atoms with Crippen molar-refractivity contribution in [2.45, 2.75) is 192 Å². The second-order valence-electron chi connectivity index (χ2n) is 24.1. The summed E-state index contributed by atoms with van der Waals surface area (Å²) < 4.78 is 17.2. The third-order valence-corrected chi connectivity index (χ3v) is 15.8. The second kappa shape index (κ2) is 27.1. The van der Waals surface area contributed by atoms with Crippen LogP contribution in [-0.2, 0) is 55.8 Å². The van der Waals surface area contributed by atoms with Crippen molar-refractivity contribution in [1.82, 2.24) is 40.9 Å². The van der Waals surface area contributed by atoms with Gasteiger partial charge in [-0.3, -0.25) is 38.6 Å². The highest BCUT2D eigenvalue weighted by Gasteiger charge is 2.43. The van der Waals surface area contributed by atoms with E-state index in [0.29, 0.717) is 43.4 Å². The normalized spacial score (nSPS) is 20.4. The molecule has 3 aromatic carbocycles. The maximum atomic E-state index is 14.8. The fourth-order valence-corrected chi connectivity index (χ4v) is 11.0. The van der Waals surface area contributed by atoms with E-state index < -0.39 is 89.4 Å². The van der Waals surface area contributed by atoms with Crippen molar-refractivity contribution in [3.8, 4) is 11.8 Å². The first-order valence-corrected chi connectivity index (χ1v) is 28.9. The van der Waals surface area contributed by atoms with Gasteiger partial charge in [0, 0.05) is 32.7 Å². The smallest absolute Gasteiger partial charge is 0.410 e. The van der Waals surface area contributed by atoms with Crippen molar-refractivity contribution in [2.24, 2.45) is 0 Å². The lowest BCUT2D eigenvalue weighted by atomic mass is 9.87. The molecule has 0 spiro atoms. The van der Waals surface area contributed by atoms with Gasteiger partial charge in [0.1, 0.15) is 54.1 Å². The molecule has 82 heavy (non-hydrogen) atoms. The summed E-state index contributed by atoms with van der Waals surface area (Å²) >= 11 is 0. The van der Waals surface area contributed by atoms with Crippen molar-refractivity contribution in [3.05, 3.63) is 106 Å². The first-order valence-electron chi connectivity index (χ1n) is 28.9. The SMILES string of the molecule is C[C@@H](OCC#Cc1ccc([C@H](NC(=O)[C@H](C)N(C)C(=O)OC(C)(C)C)C(=O)N2CCC[C@H]2C(=O)N[C@@H]2CCCc3ccccc32)cc1)[C@H](NC(=O)[C@H](C)N(C)C(=O)OC(C)(C)C)C(=O)N1CCC[C@H]1C(=O)N[C@@H]1CCCc2ccccc21. The minimum absolute atomic E-state index is 0.188. The molecule has 8 amide bonds. The molecule has 0 radical (unpaired) electrons. The molecule has 4 N–H and O–H groups in total.